The molecule has 4 heteroatoms. The van der Waals surface area contributed by atoms with Gasteiger partial charge in [0.15, 0.2) is 0 Å². The summed E-state index contributed by atoms with van der Waals surface area (Å²) in [6.07, 6.45) is -0.679. The Morgan fingerprint density at radius 3 is 2.78 bits per heavy atom. The lowest BCUT2D eigenvalue weighted by atomic mass is 10.0. The lowest BCUT2D eigenvalue weighted by molar-refractivity contribution is -0.0278. The highest BCUT2D eigenvalue weighted by atomic mass is 19.1. The van der Waals surface area contributed by atoms with Gasteiger partial charge in [0.1, 0.15) is 5.82 Å². The topological polar surface area (TPSA) is 32.7 Å². The van der Waals surface area contributed by atoms with Gasteiger partial charge in [-0.1, -0.05) is 0 Å². The van der Waals surface area contributed by atoms with E-state index in [4.69, 9.17) is 4.74 Å². The van der Waals surface area contributed by atoms with Gasteiger partial charge in [0.2, 0.25) is 0 Å². The molecule has 1 aliphatic heterocycles. The minimum absolute atomic E-state index is 0.220. The molecule has 1 saturated heterocycles. The number of hydrogen-bond donors (Lipinski definition) is 1. The molecule has 0 unspecified atom stereocenters. The smallest absolute Gasteiger partial charge is 0.123 e. The van der Waals surface area contributed by atoms with E-state index in [0.29, 0.717) is 12.2 Å². The highest BCUT2D eigenvalue weighted by Gasteiger charge is 2.28. The molecule has 1 N–H and O–H groups in total. The molecule has 0 amide bonds. The molecule has 1 aromatic carbocycles. The minimum atomic E-state index is -0.679. The van der Waals surface area contributed by atoms with E-state index in [1.807, 2.05) is 13.8 Å². The number of benzene rings is 1. The molecule has 0 radical (unpaired) electrons. The molecule has 0 bridgehead atoms. The fourth-order valence-corrected chi connectivity index (χ4v) is 2.37. The predicted octanol–water partition coefficient (Wildman–Crippen LogP) is 2.49. The standard InChI is InChI=1S/C14H20FNO2/c1-10(17)12-8-11(15)4-5-13(12)16-6-7-18-14(2,3)9-16/h4-5,8,10,17H,6-7,9H2,1-3H3/t10-/m1/s1. The van der Waals surface area contributed by atoms with Crippen molar-refractivity contribution in [1.82, 2.24) is 0 Å². The lowest BCUT2D eigenvalue weighted by Crippen LogP contribution is -2.48. The summed E-state index contributed by atoms with van der Waals surface area (Å²) in [5, 5.41) is 9.77. The van der Waals surface area contributed by atoms with E-state index in [1.54, 1.807) is 13.0 Å². The summed E-state index contributed by atoms with van der Waals surface area (Å²) < 4.78 is 18.9. The Kier molecular flexibility index (Phi) is 3.59. The van der Waals surface area contributed by atoms with Gasteiger partial charge in [0.25, 0.3) is 0 Å². The van der Waals surface area contributed by atoms with Crippen LogP contribution in [0, 0.1) is 5.82 Å². The normalized spacial score (nSPS) is 20.8. The number of rotatable bonds is 2. The van der Waals surface area contributed by atoms with Crippen molar-refractivity contribution in [3.05, 3.63) is 29.6 Å². The molecule has 1 heterocycles. The van der Waals surface area contributed by atoms with Crippen LogP contribution in [0.3, 0.4) is 0 Å². The summed E-state index contributed by atoms with van der Waals surface area (Å²) in [5.74, 6) is -0.317. The Balaban J connectivity index is 2.32. The van der Waals surface area contributed by atoms with E-state index in [2.05, 4.69) is 4.90 Å². The molecule has 0 aromatic heterocycles. The first-order chi connectivity index (χ1) is 8.39. The third kappa shape index (κ3) is 2.82. The van der Waals surface area contributed by atoms with Gasteiger partial charge in [0, 0.05) is 24.3 Å². The molecule has 0 spiro atoms. The molecule has 0 aliphatic carbocycles. The van der Waals surface area contributed by atoms with E-state index in [1.165, 1.54) is 12.1 Å². The molecule has 1 aromatic rings. The summed E-state index contributed by atoms with van der Waals surface area (Å²) >= 11 is 0. The molecule has 1 atom stereocenters. The number of anilines is 1. The molecule has 2 rings (SSSR count). The van der Waals surface area contributed by atoms with Crippen molar-refractivity contribution >= 4 is 5.69 Å². The van der Waals surface area contributed by atoms with Crippen LogP contribution in [-0.4, -0.2) is 30.4 Å². The molecule has 18 heavy (non-hydrogen) atoms. The summed E-state index contributed by atoms with van der Waals surface area (Å²) in [6.45, 7) is 7.86. The van der Waals surface area contributed by atoms with Crippen LogP contribution in [-0.2, 0) is 4.74 Å². The third-order valence-corrected chi connectivity index (χ3v) is 3.21. The summed E-state index contributed by atoms with van der Waals surface area (Å²) in [5.41, 5.74) is 1.30. The van der Waals surface area contributed by atoms with Crippen molar-refractivity contribution < 1.29 is 14.2 Å². The van der Waals surface area contributed by atoms with Crippen LogP contribution in [0.2, 0.25) is 0 Å². The van der Waals surface area contributed by atoms with Crippen molar-refractivity contribution in [2.75, 3.05) is 24.6 Å². The van der Waals surface area contributed by atoms with Gasteiger partial charge >= 0.3 is 0 Å². The van der Waals surface area contributed by atoms with Gasteiger partial charge in [-0.3, -0.25) is 0 Å². The summed E-state index contributed by atoms with van der Waals surface area (Å²) in [6, 6.07) is 4.57. The van der Waals surface area contributed by atoms with Gasteiger partial charge in [-0.25, -0.2) is 4.39 Å². The van der Waals surface area contributed by atoms with Gasteiger partial charge < -0.3 is 14.7 Å². The highest BCUT2D eigenvalue weighted by Crippen LogP contribution is 2.30. The zero-order valence-corrected chi connectivity index (χ0v) is 11.1. The number of aliphatic hydroxyl groups excluding tert-OH is 1. The van der Waals surface area contributed by atoms with Crippen molar-refractivity contribution in [3.8, 4) is 0 Å². The predicted molar refractivity (Wildman–Crippen MR) is 69.3 cm³/mol. The number of halogens is 1. The Morgan fingerprint density at radius 2 is 2.17 bits per heavy atom. The zero-order valence-electron chi connectivity index (χ0n) is 11.1. The van der Waals surface area contributed by atoms with E-state index >= 15 is 0 Å². The number of morpholine rings is 1. The number of nitrogens with zero attached hydrogens (tertiary/aromatic N) is 1. The number of aliphatic hydroxyl groups is 1. The monoisotopic (exact) mass is 253 g/mol. The van der Waals surface area contributed by atoms with Crippen LogP contribution in [0.4, 0.5) is 10.1 Å². The van der Waals surface area contributed by atoms with Crippen molar-refractivity contribution in [2.45, 2.75) is 32.5 Å². The first-order valence-electron chi connectivity index (χ1n) is 6.25. The number of hydrogen-bond acceptors (Lipinski definition) is 3. The average molecular weight is 253 g/mol. The fraction of sp³-hybridized carbons (Fsp3) is 0.571. The fourth-order valence-electron chi connectivity index (χ4n) is 2.37. The molecule has 1 aliphatic rings. The third-order valence-electron chi connectivity index (χ3n) is 3.21. The zero-order chi connectivity index (χ0) is 13.3. The highest BCUT2D eigenvalue weighted by molar-refractivity contribution is 5.55. The van der Waals surface area contributed by atoms with Gasteiger partial charge in [0.05, 0.1) is 18.3 Å². The second-order valence-corrected chi connectivity index (χ2v) is 5.41. The summed E-state index contributed by atoms with van der Waals surface area (Å²) in [7, 11) is 0. The van der Waals surface area contributed by atoms with Gasteiger partial charge in [-0.05, 0) is 39.0 Å². The Bertz CT molecular complexity index is 432. The molecule has 100 valence electrons. The van der Waals surface area contributed by atoms with Crippen molar-refractivity contribution in [1.29, 1.82) is 0 Å². The van der Waals surface area contributed by atoms with E-state index in [0.717, 1.165) is 18.8 Å². The van der Waals surface area contributed by atoms with E-state index in [9.17, 15) is 9.50 Å². The Morgan fingerprint density at radius 1 is 1.44 bits per heavy atom. The second-order valence-electron chi connectivity index (χ2n) is 5.41. The Hall–Kier alpha value is -1.13. The quantitative estimate of drug-likeness (QED) is 0.879. The van der Waals surface area contributed by atoms with Crippen LogP contribution in [0.5, 0.6) is 0 Å². The van der Waals surface area contributed by atoms with E-state index < -0.39 is 6.10 Å². The van der Waals surface area contributed by atoms with Crippen LogP contribution in [0.25, 0.3) is 0 Å². The maximum Gasteiger partial charge on any atom is 0.123 e. The molecular weight excluding hydrogens is 233 g/mol. The SMILES string of the molecule is C[C@@H](O)c1cc(F)ccc1N1CCOC(C)(C)C1. The molecule has 1 fully saturated rings. The number of ether oxygens (including phenoxy) is 1. The average Bonchev–Trinajstić information content (AvgIpc) is 2.27. The second kappa shape index (κ2) is 4.86. The van der Waals surface area contributed by atoms with Crippen molar-refractivity contribution in [2.24, 2.45) is 0 Å². The van der Waals surface area contributed by atoms with Crippen LogP contribution >= 0.6 is 0 Å². The largest absolute Gasteiger partial charge is 0.389 e. The van der Waals surface area contributed by atoms with Gasteiger partial charge in [-0.15, -0.1) is 0 Å². The maximum atomic E-state index is 13.3. The molecular formula is C14H20FNO2. The molecule has 0 saturated carbocycles. The Labute approximate surface area is 107 Å². The van der Waals surface area contributed by atoms with Crippen LogP contribution in [0.1, 0.15) is 32.4 Å². The van der Waals surface area contributed by atoms with Crippen molar-refractivity contribution in [3.63, 3.8) is 0 Å². The lowest BCUT2D eigenvalue weighted by Gasteiger charge is -2.40. The van der Waals surface area contributed by atoms with Crippen LogP contribution in [0.15, 0.2) is 18.2 Å². The first kappa shape index (κ1) is 13.3. The van der Waals surface area contributed by atoms with Gasteiger partial charge in [-0.2, -0.15) is 0 Å². The first-order valence-corrected chi connectivity index (χ1v) is 6.25. The maximum absolute atomic E-state index is 13.3. The van der Waals surface area contributed by atoms with E-state index in [-0.39, 0.29) is 11.4 Å². The van der Waals surface area contributed by atoms with Crippen LogP contribution < -0.4 is 4.90 Å². The minimum Gasteiger partial charge on any atom is -0.389 e. The summed E-state index contributed by atoms with van der Waals surface area (Å²) in [4.78, 5) is 2.14. The molecule has 3 nitrogen and oxygen atoms in total.